The van der Waals surface area contributed by atoms with Crippen molar-refractivity contribution < 1.29 is 8.60 Å². The van der Waals surface area contributed by atoms with Gasteiger partial charge < -0.3 is 5.32 Å². The third kappa shape index (κ3) is 5.35. The summed E-state index contributed by atoms with van der Waals surface area (Å²) in [5, 5.41) is 9.21. The van der Waals surface area contributed by atoms with Crippen LogP contribution in [0.3, 0.4) is 0 Å². The highest BCUT2D eigenvalue weighted by molar-refractivity contribution is 7.91. The molecule has 1 heterocycles. The first-order chi connectivity index (χ1) is 12.4. The van der Waals surface area contributed by atoms with Crippen LogP contribution in [0.15, 0.2) is 27.5 Å². The molecule has 1 aromatic carbocycles. The Labute approximate surface area is 174 Å². The van der Waals surface area contributed by atoms with Crippen LogP contribution in [0.1, 0.15) is 57.6 Å². The van der Waals surface area contributed by atoms with Crippen LogP contribution in [-0.2, 0) is 9.92 Å². The van der Waals surface area contributed by atoms with Crippen LogP contribution in [0, 0.1) is 5.82 Å². The summed E-state index contributed by atoms with van der Waals surface area (Å²) in [6, 6.07) is 4.51. The second-order valence-electron chi connectivity index (χ2n) is 6.95. The molecule has 0 amide bonds. The average Bonchev–Trinajstić information content (AvgIpc) is 2.87. The van der Waals surface area contributed by atoms with Gasteiger partial charge in [-0.3, -0.25) is 0 Å². The Hall–Kier alpha value is -0.860. The Morgan fingerprint density at radius 3 is 2.04 bits per heavy atom. The molecule has 9 heteroatoms. The molecule has 150 valence electrons. The van der Waals surface area contributed by atoms with Crippen molar-refractivity contribution in [1.82, 2.24) is 0 Å². The van der Waals surface area contributed by atoms with Gasteiger partial charge in [0.2, 0.25) is 0 Å². The highest BCUT2D eigenvalue weighted by Gasteiger charge is 2.20. The van der Waals surface area contributed by atoms with E-state index in [2.05, 4.69) is 9.68 Å². The third-order valence-corrected chi connectivity index (χ3v) is 7.33. The molecular formula is C18H24Cl2FN3OS2. The fourth-order valence-corrected chi connectivity index (χ4v) is 6.16. The number of halogens is 3. The molecule has 2 atom stereocenters. The van der Waals surface area contributed by atoms with Gasteiger partial charge in [0.05, 0.1) is 9.23 Å². The van der Waals surface area contributed by atoms with Gasteiger partial charge >= 0.3 is 0 Å². The second kappa shape index (κ2) is 8.66. The summed E-state index contributed by atoms with van der Waals surface area (Å²) in [6.07, 6.45) is -0.585. The topological polar surface area (TPSA) is 67.5 Å². The first-order valence-electron chi connectivity index (χ1n) is 8.51. The molecular weight excluding hydrogens is 428 g/mol. The van der Waals surface area contributed by atoms with E-state index in [9.17, 15) is 8.60 Å². The zero-order chi connectivity index (χ0) is 20.5. The minimum Gasteiger partial charge on any atom is -0.363 e. The van der Waals surface area contributed by atoms with E-state index in [1.807, 2.05) is 27.7 Å². The van der Waals surface area contributed by atoms with Gasteiger partial charge in [-0.25, -0.2) is 13.7 Å². The van der Waals surface area contributed by atoms with Gasteiger partial charge in [0.1, 0.15) is 26.2 Å². The van der Waals surface area contributed by atoms with Crippen molar-refractivity contribution in [2.75, 3.05) is 5.32 Å². The number of thiophene rings is 1. The minimum absolute atomic E-state index is 0.0975. The molecule has 4 nitrogen and oxygen atoms in total. The SMILES string of the molecule is CC(N=S(N)(=O)c1cc(Cl)sc1Cl)Nc1c(C(C)C)cc(F)cc1C(C)C. The number of anilines is 1. The van der Waals surface area contributed by atoms with E-state index in [1.165, 1.54) is 18.2 Å². The molecule has 2 aromatic rings. The Bertz CT molecular complexity index is 921. The summed E-state index contributed by atoms with van der Waals surface area (Å²) in [5.74, 6) is -0.0830. The Morgan fingerprint density at radius 1 is 1.11 bits per heavy atom. The number of nitrogens with two attached hydrogens (primary N) is 1. The van der Waals surface area contributed by atoms with Crippen LogP contribution in [0.25, 0.3) is 0 Å². The maximum absolute atomic E-state index is 14.1. The maximum Gasteiger partial charge on any atom is 0.139 e. The standard InChI is InChI=1S/C18H24Cl2FN3OS2/c1-9(2)13-6-12(21)7-14(10(3)4)17(13)23-11(5)24-27(22,25)15-8-16(19)26-18(15)20/h6-11,23H,1-5H3,(H2,22,24,25). The van der Waals surface area contributed by atoms with Crippen molar-refractivity contribution >= 4 is 50.1 Å². The summed E-state index contributed by atoms with van der Waals surface area (Å²) in [7, 11) is -3.23. The Balaban J connectivity index is 2.47. The van der Waals surface area contributed by atoms with Gasteiger partial charge in [-0.2, -0.15) is 4.36 Å². The van der Waals surface area contributed by atoms with Crippen LogP contribution in [0.5, 0.6) is 0 Å². The minimum atomic E-state index is -3.23. The van der Waals surface area contributed by atoms with Crippen molar-refractivity contribution in [1.29, 1.82) is 0 Å². The Morgan fingerprint density at radius 2 is 1.63 bits per heavy atom. The largest absolute Gasteiger partial charge is 0.363 e. The first kappa shape index (κ1) is 22.4. The van der Waals surface area contributed by atoms with Crippen molar-refractivity contribution in [3.8, 4) is 0 Å². The number of nitrogens with one attached hydrogen (secondary N) is 1. The fourth-order valence-electron chi connectivity index (χ4n) is 2.78. The van der Waals surface area contributed by atoms with E-state index < -0.39 is 16.1 Å². The maximum atomic E-state index is 14.1. The van der Waals surface area contributed by atoms with Crippen LogP contribution in [-0.4, -0.2) is 10.4 Å². The van der Waals surface area contributed by atoms with E-state index in [0.717, 1.165) is 28.2 Å². The first-order valence-corrected chi connectivity index (χ1v) is 11.7. The Kier molecular flexibility index (Phi) is 7.19. The van der Waals surface area contributed by atoms with Crippen molar-refractivity contribution in [3.05, 3.63) is 43.8 Å². The number of benzene rings is 1. The van der Waals surface area contributed by atoms with Crippen molar-refractivity contribution in [2.45, 2.75) is 57.5 Å². The molecule has 3 N–H and O–H groups in total. The predicted octanol–water partition coefficient (Wildman–Crippen LogP) is 6.60. The summed E-state index contributed by atoms with van der Waals surface area (Å²) in [4.78, 5) is 0.222. The van der Waals surface area contributed by atoms with Gasteiger partial charge in [-0.1, -0.05) is 50.9 Å². The van der Waals surface area contributed by atoms with E-state index >= 15 is 0 Å². The van der Waals surface area contributed by atoms with E-state index in [1.54, 1.807) is 6.92 Å². The average molecular weight is 452 g/mol. The van der Waals surface area contributed by atoms with Gasteiger partial charge in [0.15, 0.2) is 0 Å². The highest BCUT2D eigenvalue weighted by Crippen LogP contribution is 2.36. The summed E-state index contributed by atoms with van der Waals surface area (Å²) in [6.45, 7) is 9.71. The summed E-state index contributed by atoms with van der Waals surface area (Å²) >= 11 is 13.1. The molecule has 0 saturated heterocycles. The molecule has 1 aromatic heterocycles. The molecule has 0 spiro atoms. The molecule has 0 aliphatic heterocycles. The fraction of sp³-hybridized carbons (Fsp3) is 0.444. The molecule has 2 unspecified atom stereocenters. The monoisotopic (exact) mass is 451 g/mol. The van der Waals surface area contributed by atoms with Crippen molar-refractivity contribution in [3.63, 3.8) is 0 Å². The van der Waals surface area contributed by atoms with Gasteiger partial charge in [0.25, 0.3) is 0 Å². The van der Waals surface area contributed by atoms with Crippen LogP contribution >= 0.6 is 34.5 Å². The van der Waals surface area contributed by atoms with E-state index in [0.29, 0.717) is 4.34 Å². The van der Waals surface area contributed by atoms with Gasteiger partial charge in [-0.05, 0) is 48.1 Å². The lowest BCUT2D eigenvalue weighted by Gasteiger charge is -2.23. The molecule has 0 aliphatic rings. The lowest BCUT2D eigenvalue weighted by Crippen LogP contribution is -2.22. The highest BCUT2D eigenvalue weighted by atomic mass is 35.5. The zero-order valence-electron chi connectivity index (χ0n) is 15.8. The number of hydrogen-bond acceptors (Lipinski definition) is 4. The molecule has 0 fully saturated rings. The van der Waals surface area contributed by atoms with Gasteiger partial charge in [-0.15, -0.1) is 11.3 Å². The molecule has 0 radical (unpaired) electrons. The van der Waals surface area contributed by atoms with Gasteiger partial charge in [0, 0.05) is 5.69 Å². The molecule has 0 aliphatic carbocycles. The quantitative estimate of drug-likeness (QED) is 0.519. The molecule has 2 rings (SSSR count). The number of hydrogen-bond donors (Lipinski definition) is 2. The second-order valence-corrected chi connectivity index (χ2v) is 11.0. The zero-order valence-corrected chi connectivity index (χ0v) is 19.0. The molecule has 0 saturated carbocycles. The predicted molar refractivity (Wildman–Crippen MR) is 115 cm³/mol. The van der Waals surface area contributed by atoms with Crippen LogP contribution in [0.4, 0.5) is 10.1 Å². The van der Waals surface area contributed by atoms with Crippen LogP contribution in [0.2, 0.25) is 8.67 Å². The van der Waals surface area contributed by atoms with Crippen LogP contribution < -0.4 is 10.5 Å². The number of nitrogens with zero attached hydrogens (tertiary/aromatic N) is 1. The normalized spacial score (nSPS) is 15.1. The van der Waals surface area contributed by atoms with E-state index in [-0.39, 0.29) is 26.9 Å². The smallest absolute Gasteiger partial charge is 0.139 e. The third-order valence-electron chi connectivity index (χ3n) is 4.02. The lowest BCUT2D eigenvalue weighted by atomic mass is 9.92. The molecule has 0 bridgehead atoms. The van der Waals surface area contributed by atoms with E-state index in [4.69, 9.17) is 28.3 Å². The summed E-state index contributed by atoms with van der Waals surface area (Å²) in [5.41, 5.74) is 2.46. The lowest BCUT2D eigenvalue weighted by molar-refractivity contribution is 0.618. The summed E-state index contributed by atoms with van der Waals surface area (Å²) < 4.78 is 31.8. The number of rotatable bonds is 6. The molecule has 27 heavy (non-hydrogen) atoms. The van der Waals surface area contributed by atoms with Crippen molar-refractivity contribution in [2.24, 2.45) is 9.50 Å².